The number of rotatable bonds is 6. The first-order valence-corrected chi connectivity index (χ1v) is 10.7. The number of aryl methyl sites for hydroxylation is 2. The molecular weight excluding hydrogens is 360 g/mol. The van der Waals surface area contributed by atoms with Crippen molar-refractivity contribution in [3.63, 3.8) is 0 Å². The van der Waals surface area contributed by atoms with Crippen molar-refractivity contribution in [2.24, 2.45) is 0 Å². The smallest absolute Gasteiger partial charge is 0.237 e. The summed E-state index contributed by atoms with van der Waals surface area (Å²) in [6, 6.07) is 14.6. The van der Waals surface area contributed by atoms with E-state index < -0.39 is 0 Å². The number of carbonyl (C=O) groups is 1. The number of hydrogen-bond donors (Lipinski definition) is 0. The Bertz CT molecular complexity index is 884. The van der Waals surface area contributed by atoms with Crippen molar-refractivity contribution in [2.75, 3.05) is 10.7 Å². The van der Waals surface area contributed by atoms with E-state index in [1.54, 1.807) is 23.1 Å². The molecule has 0 saturated carbocycles. The molecule has 1 aromatic heterocycles. The quantitative estimate of drug-likeness (QED) is 0.555. The first kappa shape index (κ1) is 18.9. The van der Waals surface area contributed by atoms with Gasteiger partial charge in [-0.1, -0.05) is 24.3 Å². The summed E-state index contributed by atoms with van der Waals surface area (Å²) >= 11 is 3.34. The van der Waals surface area contributed by atoms with Gasteiger partial charge >= 0.3 is 0 Å². The zero-order chi connectivity index (χ0) is 18.7. The van der Waals surface area contributed by atoms with Crippen molar-refractivity contribution < 1.29 is 4.79 Å². The summed E-state index contributed by atoms with van der Waals surface area (Å²) in [7, 11) is 0. The number of carbonyl (C=O) groups excluding carboxylic acids is 1. The van der Waals surface area contributed by atoms with Gasteiger partial charge in [-0.3, -0.25) is 4.79 Å². The van der Waals surface area contributed by atoms with Crippen LogP contribution in [0.4, 0.5) is 5.69 Å². The Balaban J connectivity index is 1.67. The Morgan fingerprint density at radius 3 is 2.69 bits per heavy atom. The highest BCUT2D eigenvalue weighted by molar-refractivity contribution is 7.99. The molecule has 136 valence electrons. The summed E-state index contributed by atoms with van der Waals surface area (Å²) in [4.78, 5) is 19.5. The van der Waals surface area contributed by atoms with Crippen LogP contribution in [0.2, 0.25) is 0 Å². The van der Waals surface area contributed by atoms with Gasteiger partial charge in [0.25, 0.3) is 0 Å². The standard InChI is InChI=1S/C21H24N2OS2/c1-14(2)23(18-11-15(3)9-10-16(18)4)21(24)13-25-12-20-22-17-7-5-6-8-19(17)26-20/h5-11,14H,12-13H2,1-4H3. The fraction of sp³-hybridized carbons (Fsp3) is 0.333. The normalized spacial score (nSPS) is 11.3. The third kappa shape index (κ3) is 4.27. The highest BCUT2D eigenvalue weighted by atomic mass is 32.2. The van der Waals surface area contributed by atoms with Gasteiger partial charge < -0.3 is 4.90 Å². The lowest BCUT2D eigenvalue weighted by Gasteiger charge is -2.28. The van der Waals surface area contributed by atoms with E-state index in [1.807, 2.05) is 23.1 Å². The van der Waals surface area contributed by atoms with E-state index in [2.05, 4.69) is 56.9 Å². The maximum atomic E-state index is 12.9. The Morgan fingerprint density at radius 2 is 1.96 bits per heavy atom. The minimum absolute atomic E-state index is 0.131. The molecule has 5 heteroatoms. The first-order valence-electron chi connectivity index (χ1n) is 8.77. The number of aromatic nitrogens is 1. The Hall–Kier alpha value is -1.85. The molecule has 0 fully saturated rings. The van der Waals surface area contributed by atoms with E-state index in [1.165, 1.54) is 10.3 Å². The van der Waals surface area contributed by atoms with Crippen molar-refractivity contribution >= 4 is 44.9 Å². The van der Waals surface area contributed by atoms with Gasteiger partial charge in [-0.2, -0.15) is 0 Å². The third-order valence-corrected chi connectivity index (χ3v) is 6.35. The molecule has 3 aromatic rings. The lowest BCUT2D eigenvalue weighted by molar-refractivity contribution is -0.116. The molecule has 26 heavy (non-hydrogen) atoms. The fourth-order valence-corrected chi connectivity index (χ4v) is 4.86. The van der Waals surface area contributed by atoms with Crippen LogP contribution in [0.1, 0.15) is 30.0 Å². The van der Waals surface area contributed by atoms with Gasteiger partial charge in [0, 0.05) is 17.5 Å². The number of benzene rings is 2. The number of para-hydroxylation sites is 1. The van der Waals surface area contributed by atoms with Crippen LogP contribution in [0.25, 0.3) is 10.2 Å². The van der Waals surface area contributed by atoms with E-state index in [4.69, 9.17) is 0 Å². The zero-order valence-electron chi connectivity index (χ0n) is 15.7. The third-order valence-electron chi connectivity index (χ3n) is 4.20. The summed E-state index contributed by atoms with van der Waals surface area (Å²) in [6.45, 7) is 8.26. The van der Waals surface area contributed by atoms with Crippen molar-refractivity contribution in [1.29, 1.82) is 0 Å². The molecule has 0 aliphatic heterocycles. The predicted molar refractivity (Wildman–Crippen MR) is 114 cm³/mol. The van der Waals surface area contributed by atoms with Crippen molar-refractivity contribution in [1.82, 2.24) is 4.98 Å². The summed E-state index contributed by atoms with van der Waals surface area (Å²) in [6.07, 6.45) is 0. The van der Waals surface area contributed by atoms with Gasteiger partial charge in [-0.05, 0) is 57.0 Å². The van der Waals surface area contributed by atoms with Crippen molar-refractivity contribution in [2.45, 2.75) is 39.5 Å². The molecule has 0 saturated heterocycles. The second kappa shape index (κ2) is 8.23. The lowest BCUT2D eigenvalue weighted by Crippen LogP contribution is -2.38. The van der Waals surface area contributed by atoms with Crippen LogP contribution in [0.15, 0.2) is 42.5 Å². The number of nitrogens with zero attached hydrogens (tertiary/aromatic N) is 2. The maximum absolute atomic E-state index is 12.9. The lowest BCUT2D eigenvalue weighted by atomic mass is 10.1. The van der Waals surface area contributed by atoms with Gasteiger partial charge in [0.2, 0.25) is 5.91 Å². The van der Waals surface area contributed by atoms with E-state index >= 15 is 0 Å². The van der Waals surface area contributed by atoms with Gasteiger partial charge in [0.05, 0.1) is 16.0 Å². The summed E-state index contributed by atoms with van der Waals surface area (Å²) < 4.78 is 1.20. The Kier molecular flexibility index (Phi) is 5.99. The van der Waals surface area contributed by atoms with Gasteiger partial charge in [-0.15, -0.1) is 23.1 Å². The molecule has 0 N–H and O–H groups in total. The van der Waals surface area contributed by atoms with Crippen LogP contribution in [-0.4, -0.2) is 22.7 Å². The SMILES string of the molecule is Cc1ccc(C)c(N(C(=O)CSCc2nc3ccccc3s2)C(C)C)c1. The summed E-state index contributed by atoms with van der Waals surface area (Å²) in [5, 5.41) is 1.08. The number of fused-ring (bicyclic) bond motifs is 1. The van der Waals surface area contributed by atoms with Crippen LogP contribution < -0.4 is 4.90 Å². The molecule has 1 amide bonds. The van der Waals surface area contributed by atoms with Crippen molar-refractivity contribution in [3.05, 3.63) is 58.6 Å². The van der Waals surface area contributed by atoms with Gasteiger partial charge in [-0.25, -0.2) is 4.98 Å². The predicted octanol–water partition coefficient (Wildman–Crippen LogP) is 5.59. The zero-order valence-corrected chi connectivity index (χ0v) is 17.3. The van der Waals surface area contributed by atoms with Crippen LogP contribution in [0.3, 0.4) is 0 Å². The van der Waals surface area contributed by atoms with Gasteiger partial charge in [0.1, 0.15) is 5.01 Å². The second-order valence-electron chi connectivity index (χ2n) is 6.72. The molecule has 3 nitrogen and oxygen atoms in total. The average molecular weight is 385 g/mol. The minimum Gasteiger partial charge on any atom is -0.309 e. The number of thioether (sulfide) groups is 1. The van der Waals surface area contributed by atoms with E-state index in [0.717, 1.165) is 27.5 Å². The number of anilines is 1. The topological polar surface area (TPSA) is 33.2 Å². The molecule has 3 rings (SSSR count). The molecule has 1 heterocycles. The van der Waals surface area contributed by atoms with Gasteiger partial charge in [0.15, 0.2) is 0 Å². The van der Waals surface area contributed by atoms with E-state index in [9.17, 15) is 4.79 Å². The molecule has 0 radical (unpaired) electrons. The first-order chi connectivity index (χ1) is 12.5. The van der Waals surface area contributed by atoms with Crippen LogP contribution in [0.5, 0.6) is 0 Å². The highest BCUT2D eigenvalue weighted by Gasteiger charge is 2.21. The van der Waals surface area contributed by atoms with Crippen LogP contribution in [-0.2, 0) is 10.5 Å². The summed E-state index contributed by atoms with van der Waals surface area (Å²) in [5.41, 5.74) is 4.37. The van der Waals surface area contributed by atoms with E-state index in [-0.39, 0.29) is 11.9 Å². The highest BCUT2D eigenvalue weighted by Crippen LogP contribution is 2.27. The molecule has 0 unspecified atom stereocenters. The molecule has 0 spiro atoms. The fourth-order valence-electron chi connectivity index (χ4n) is 2.96. The molecule has 2 aromatic carbocycles. The number of amides is 1. The molecule has 0 bridgehead atoms. The molecule has 0 aliphatic rings. The second-order valence-corrected chi connectivity index (χ2v) is 8.82. The van der Waals surface area contributed by atoms with E-state index in [0.29, 0.717) is 5.75 Å². The Labute approximate surface area is 163 Å². The number of hydrogen-bond acceptors (Lipinski definition) is 4. The molecule has 0 atom stereocenters. The largest absolute Gasteiger partial charge is 0.309 e. The average Bonchev–Trinajstić information content (AvgIpc) is 3.00. The Morgan fingerprint density at radius 1 is 1.19 bits per heavy atom. The summed E-state index contributed by atoms with van der Waals surface area (Å²) in [5.74, 6) is 1.38. The minimum atomic E-state index is 0.131. The molecule has 0 aliphatic carbocycles. The number of thiazole rings is 1. The molecular formula is C21H24N2OS2. The van der Waals surface area contributed by atoms with Crippen LogP contribution >= 0.6 is 23.1 Å². The monoisotopic (exact) mass is 384 g/mol. The van der Waals surface area contributed by atoms with Crippen LogP contribution in [0, 0.1) is 13.8 Å². The maximum Gasteiger partial charge on any atom is 0.237 e. The van der Waals surface area contributed by atoms with Crippen molar-refractivity contribution in [3.8, 4) is 0 Å².